The van der Waals surface area contributed by atoms with E-state index in [1.54, 1.807) is 0 Å². The smallest absolute Gasteiger partial charge is 0.193 e. The van der Waals surface area contributed by atoms with Gasteiger partial charge in [0, 0.05) is 18.3 Å². The number of anilines is 1. The molecule has 4 N–H and O–H groups in total. The molecular weight excluding hydrogens is 264 g/mol. The summed E-state index contributed by atoms with van der Waals surface area (Å²) in [6.45, 7) is 3.19. The summed E-state index contributed by atoms with van der Waals surface area (Å²) in [6.07, 6.45) is 4.45. The second-order valence-corrected chi connectivity index (χ2v) is 5.48. The van der Waals surface area contributed by atoms with E-state index in [-0.39, 0.29) is 6.61 Å². The van der Waals surface area contributed by atoms with E-state index in [0.29, 0.717) is 12.0 Å². The molecule has 0 aliphatic carbocycles. The van der Waals surface area contributed by atoms with E-state index in [1.807, 2.05) is 30.3 Å². The number of para-hydroxylation sites is 1. The number of hydrogen-bond donors (Lipinski definition) is 3. The second kappa shape index (κ2) is 8.64. The molecule has 1 atom stereocenters. The highest BCUT2D eigenvalue weighted by molar-refractivity contribution is 5.92. The molecule has 2 rings (SSSR count). The van der Waals surface area contributed by atoms with Gasteiger partial charge in [0.2, 0.25) is 0 Å². The predicted octanol–water partition coefficient (Wildman–Crippen LogP) is 1.65. The van der Waals surface area contributed by atoms with Crippen molar-refractivity contribution < 1.29 is 5.11 Å². The number of unbranched alkanes of at least 4 members (excludes halogenated alkanes) is 1. The van der Waals surface area contributed by atoms with Crippen molar-refractivity contribution >= 4 is 11.6 Å². The van der Waals surface area contributed by atoms with E-state index in [4.69, 9.17) is 5.73 Å². The number of nitrogens with two attached hydrogens (primary N) is 1. The predicted molar refractivity (Wildman–Crippen MR) is 87.5 cm³/mol. The Balaban J connectivity index is 1.61. The maximum Gasteiger partial charge on any atom is 0.193 e. The number of nitrogens with one attached hydrogen (secondary N) is 1. The number of likely N-dealkylation sites (tertiary alicyclic amines) is 1. The Bertz CT molecular complexity index is 435. The number of benzene rings is 1. The zero-order valence-electron chi connectivity index (χ0n) is 12.5. The lowest BCUT2D eigenvalue weighted by Crippen LogP contribution is -2.33. The highest BCUT2D eigenvalue weighted by Gasteiger charge is 2.22. The van der Waals surface area contributed by atoms with E-state index in [0.717, 1.165) is 44.6 Å². The molecule has 1 saturated heterocycles. The largest absolute Gasteiger partial charge is 0.395 e. The van der Waals surface area contributed by atoms with Crippen LogP contribution in [0.5, 0.6) is 0 Å². The number of rotatable bonds is 7. The van der Waals surface area contributed by atoms with Crippen LogP contribution in [-0.2, 0) is 0 Å². The number of guanidine groups is 1. The SMILES string of the molecule is NC(=NCCCCN1CCCC1CO)Nc1ccccc1. The van der Waals surface area contributed by atoms with Crippen molar-refractivity contribution in [2.75, 3.05) is 31.6 Å². The molecule has 1 unspecified atom stereocenters. The number of aliphatic imine (C=N–C) groups is 1. The first-order valence-electron chi connectivity index (χ1n) is 7.76. The Kier molecular flexibility index (Phi) is 6.50. The van der Waals surface area contributed by atoms with Crippen LogP contribution < -0.4 is 11.1 Å². The van der Waals surface area contributed by atoms with Crippen LogP contribution in [0.25, 0.3) is 0 Å². The van der Waals surface area contributed by atoms with Crippen molar-refractivity contribution in [3.8, 4) is 0 Å². The van der Waals surface area contributed by atoms with Gasteiger partial charge in [-0.05, 0) is 50.9 Å². The highest BCUT2D eigenvalue weighted by atomic mass is 16.3. The molecule has 1 aromatic rings. The van der Waals surface area contributed by atoms with Gasteiger partial charge in [0.05, 0.1) is 6.61 Å². The summed E-state index contributed by atoms with van der Waals surface area (Å²) in [7, 11) is 0. The molecule has 0 aromatic heterocycles. The molecule has 0 saturated carbocycles. The Hall–Kier alpha value is -1.59. The monoisotopic (exact) mass is 290 g/mol. The van der Waals surface area contributed by atoms with Gasteiger partial charge in [0.25, 0.3) is 0 Å². The number of hydrogen-bond acceptors (Lipinski definition) is 3. The maximum atomic E-state index is 9.26. The van der Waals surface area contributed by atoms with Crippen LogP contribution in [0.2, 0.25) is 0 Å². The van der Waals surface area contributed by atoms with Gasteiger partial charge in [-0.1, -0.05) is 18.2 Å². The summed E-state index contributed by atoms with van der Waals surface area (Å²) < 4.78 is 0. The molecular formula is C16H26N4O. The van der Waals surface area contributed by atoms with Crippen LogP contribution in [0.15, 0.2) is 35.3 Å². The molecule has 1 aliphatic heterocycles. The topological polar surface area (TPSA) is 73.9 Å². The van der Waals surface area contributed by atoms with Crippen molar-refractivity contribution in [2.45, 2.75) is 31.7 Å². The molecule has 1 aromatic carbocycles. The molecule has 1 aliphatic rings. The molecule has 5 heteroatoms. The summed E-state index contributed by atoms with van der Waals surface area (Å²) >= 11 is 0. The Morgan fingerprint density at radius 1 is 1.33 bits per heavy atom. The minimum Gasteiger partial charge on any atom is -0.395 e. The van der Waals surface area contributed by atoms with Crippen LogP contribution in [0.4, 0.5) is 5.69 Å². The molecule has 0 spiro atoms. The van der Waals surface area contributed by atoms with Gasteiger partial charge in [-0.25, -0.2) is 0 Å². The van der Waals surface area contributed by atoms with E-state index < -0.39 is 0 Å². The summed E-state index contributed by atoms with van der Waals surface area (Å²) in [4.78, 5) is 6.72. The Morgan fingerprint density at radius 2 is 2.14 bits per heavy atom. The third-order valence-corrected chi connectivity index (χ3v) is 3.89. The fourth-order valence-corrected chi connectivity index (χ4v) is 2.73. The van der Waals surface area contributed by atoms with Gasteiger partial charge in [0.15, 0.2) is 5.96 Å². The number of aliphatic hydroxyl groups is 1. The molecule has 0 amide bonds. The number of nitrogens with zero attached hydrogens (tertiary/aromatic N) is 2. The van der Waals surface area contributed by atoms with Gasteiger partial charge in [-0.2, -0.15) is 0 Å². The average Bonchev–Trinajstić information content (AvgIpc) is 2.95. The van der Waals surface area contributed by atoms with E-state index in [9.17, 15) is 5.11 Å². The first-order valence-corrected chi connectivity index (χ1v) is 7.76. The summed E-state index contributed by atoms with van der Waals surface area (Å²) in [6, 6.07) is 10.2. The molecule has 116 valence electrons. The lowest BCUT2D eigenvalue weighted by atomic mass is 10.2. The summed E-state index contributed by atoms with van der Waals surface area (Å²) in [5, 5.41) is 12.3. The fourth-order valence-electron chi connectivity index (χ4n) is 2.73. The van der Waals surface area contributed by atoms with Crippen LogP contribution >= 0.6 is 0 Å². The molecule has 1 heterocycles. The van der Waals surface area contributed by atoms with Crippen LogP contribution in [-0.4, -0.2) is 48.2 Å². The minimum atomic E-state index is 0.284. The average molecular weight is 290 g/mol. The summed E-state index contributed by atoms with van der Waals surface area (Å²) in [5.74, 6) is 0.468. The standard InChI is InChI=1S/C16H26N4O/c17-16(19-14-7-2-1-3-8-14)18-10-4-5-11-20-12-6-9-15(20)13-21/h1-3,7-8,15,21H,4-6,9-13H2,(H3,17,18,19). The van der Waals surface area contributed by atoms with Gasteiger partial charge in [-0.15, -0.1) is 0 Å². The quantitative estimate of drug-likeness (QED) is 0.405. The van der Waals surface area contributed by atoms with Crippen molar-refractivity contribution in [1.29, 1.82) is 0 Å². The van der Waals surface area contributed by atoms with Crippen LogP contribution in [0.1, 0.15) is 25.7 Å². The van der Waals surface area contributed by atoms with Gasteiger partial charge in [-0.3, -0.25) is 9.89 Å². The van der Waals surface area contributed by atoms with Crippen LogP contribution in [0, 0.1) is 0 Å². The molecule has 0 bridgehead atoms. The van der Waals surface area contributed by atoms with Crippen molar-refractivity contribution in [3.63, 3.8) is 0 Å². The second-order valence-electron chi connectivity index (χ2n) is 5.48. The Labute approximate surface area is 126 Å². The van der Waals surface area contributed by atoms with E-state index in [2.05, 4.69) is 15.2 Å². The zero-order chi connectivity index (χ0) is 14.9. The van der Waals surface area contributed by atoms with Gasteiger partial charge < -0.3 is 16.2 Å². The molecule has 5 nitrogen and oxygen atoms in total. The zero-order valence-corrected chi connectivity index (χ0v) is 12.5. The fraction of sp³-hybridized carbons (Fsp3) is 0.562. The van der Waals surface area contributed by atoms with Crippen molar-refractivity contribution in [2.24, 2.45) is 10.7 Å². The molecule has 1 fully saturated rings. The lowest BCUT2D eigenvalue weighted by Gasteiger charge is -2.22. The van der Waals surface area contributed by atoms with Gasteiger partial charge in [0.1, 0.15) is 0 Å². The minimum absolute atomic E-state index is 0.284. The van der Waals surface area contributed by atoms with E-state index in [1.165, 1.54) is 6.42 Å². The van der Waals surface area contributed by atoms with E-state index >= 15 is 0 Å². The van der Waals surface area contributed by atoms with Crippen molar-refractivity contribution in [3.05, 3.63) is 30.3 Å². The maximum absolute atomic E-state index is 9.26. The number of aliphatic hydroxyl groups excluding tert-OH is 1. The third kappa shape index (κ3) is 5.36. The van der Waals surface area contributed by atoms with Crippen molar-refractivity contribution in [1.82, 2.24) is 4.90 Å². The third-order valence-electron chi connectivity index (χ3n) is 3.89. The van der Waals surface area contributed by atoms with Crippen LogP contribution in [0.3, 0.4) is 0 Å². The highest BCUT2D eigenvalue weighted by Crippen LogP contribution is 2.16. The molecule has 21 heavy (non-hydrogen) atoms. The normalized spacial score (nSPS) is 19.9. The summed E-state index contributed by atoms with van der Waals surface area (Å²) in [5.41, 5.74) is 6.81. The first kappa shape index (κ1) is 15.8. The molecule has 0 radical (unpaired) electrons. The first-order chi connectivity index (χ1) is 10.3. The van der Waals surface area contributed by atoms with Gasteiger partial charge >= 0.3 is 0 Å². The lowest BCUT2D eigenvalue weighted by molar-refractivity contribution is 0.157. The Morgan fingerprint density at radius 3 is 2.90 bits per heavy atom.